The smallest absolute Gasteiger partial charge is 0.262 e. The van der Waals surface area contributed by atoms with Crippen molar-refractivity contribution in [3.8, 4) is 5.75 Å². The van der Waals surface area contributed by atoms with Crippen LogP contribution < -0.4 is 14.4 Å². The number of hydrogen-bond donors (Lipinski definition) is 1. The lowest BCUT2D eigenvalue weighted by atomic mass is 9.63. The molecule has 2 unspecified atom stereocenters. The molecule has 0 aromatic heterocycles. The Morgan fingerprint density at radius 3 is 2.76 bits per heavy atom. The van der Waals surface area contributed by atoms with Crippen LogP contribution in [0.25, 0.3) is 0 Å². The molecule has 4 aliphatic heterocycles. The number of hydrogen-bond acceptors (Lipinski definition) is 7. The van der Waals surface area contributed by atoms with Crippen molar-refractivity contribution in [3.05, 3.63) is 70.3 Å². The van der Waals surface area contributed by atoms with Crippen LogP contribution in [-0.2, 0) is 26.3 Å². The van der Waals surface area contributed by atoms with Crippen LogP contribution in [0.4, 0.5) is 10.1 Å². The molecule has 2 saturated heterocycles. The van der Waals surface area contributed by atoms with E-state index in [4.69, 9.17) is 21.1 Å². The van der Waals surface area contributed by atoms with E-state index in [0.29, 0.717) is 37.4 Å². The number of anilines is 1. The lowest BCUT2D eigenvalue weighted by Gasteiger charge is -2.53. The van der Waals surface area contributed by atoms with E-state index < -0.39 is 21.5 Å². The average Bonchev–Trinajstić information content (AvgIpc) is 3.28. The van der Waals surface area contributed by atoms with E-state index in [0.717, 1.165) is 94.4 Å². The van der Waals surface area contributed by atoms with Gasteiger partial charge in [-0.3, -0.25) is 19.3 Å². The molecule has 2 aromatic rings. The fraction of sp³-hybridized carbons (Fsp3) is 0.628. The van der Waals surface area contributed by atoms with E-state index in [9.17, 15) is 13.4 Å². The molecule has 1 amide bonds. The van der Waals surface area contributed by atoms with Gasteiger partial charge in [0.05, 0.1) is 22.0 Å². The number of allylic oxidation sites excluding steroid dienone is 1. The molecular formula is C43H58ClFN4O4S. The molecule has 54 heavy (non-hydrogen) atoms. The van der Waals surface area contributed by atoms with Crippen molar-refractivity contribution >= 4 is 38.8 Å². The maximum Gasteiger partial charge on any atom is 0.262 e. The van der Waals surface area contributed by atoms with Gasteiger partial charge in [-0.05, 0) is 123 Å². The van der Waals surface area contributed by atoms with E-state index in [1.807, 2.05) is 32.2 Å². The minimum atomic E-state index is -2.98. The zero-order valence-corrected chi connectivity index (χ0v) is 33.8. The number of methoxy groups -OCH3 is 1. The molecule has 0 radical (unpaired) electrons. The second kappa shape index (κ2) is 15.0. The number of halogens is 2. The Hall–Kier alpha value is -2.63. The van der Waals surface area contributed by atoms with Gasteiger partial charge in [0.1, 0.15) is 17.5 Å². The number of nitrogens with one attached hydrogen (secondary N) is 1. The molecule has 6 aliphatic rings. The topological polar surface area (TPSA) is 74.4 Å². The number of fused-ring (bicyclic) bond motifs is 5. The summed E-state index contributed by atoms with van der Waals surface area (Å²) in [4.78, 5) is 21.3. The first-order valence-electron chi connectivity index (χ1n) is 20.2. The van der Waals surface area contributed by atoms with E-state index in [-0.39, 0.29) is 34.4 Å². The Morgan fingerprint density at radius 2 is 1.96 bits per heavy atom. The van der Waals surface area contributed by atoms with Gasteiger partial charge in [-0.2, -0.15) is 0 Å². The molecular weight excluding hydrogens is 723 g/mol. The molecule has 2 bridgehead atoms. The van der Waals surface area contributed by atoms with Crippen LogP contribution in [0.3, 0.4) is 0 Å². The number of carbonyl (C=O) groups is 1. The number of piperazine rings is 1. The van der Waals surface area contributed by atoms with Gasteiger partial charge >= 0.3 is 0 Å². The van der Waals surface area contributed by atoms with Crippen LogP contribution in [0.5, 0.6) is 5.75 Å². The van der Waals surface area contributed by atoms with Gasteiger partial charge in [-0.1, -0.05) is 36.7 Å². The first kappa shape index (κ1) is 38.3. The monoisotopic (exact) mass is 780 g/mol. The van der Waals surface area contributed by atoms with Gasteiger partial charge in [0.15, 0.2) is 0 Å². The summed E-state index contributed by atoms with van der Waals surface area (Å²) in [5.74, 6) is 5.03. The van der Waals surface area contributed by atoms with Crippen molar-refractivity contribution in [3.63, 3.8) is 0 Å². The summed E-state index contributed by atoms with van der Waals surface area (Å²) in [5.41, 5.74) is 3.13. The number of rotatable bonds is 3. The molecule has 9 atom stereocenters. The highest BCUT2D eigenvalue weighted by Crippen LogP contribution is 2.49. The summed E-state index contributed by atoms with van der Waals surface area (Å²) in [5, 5.41) is 0.395. The quantitative estimate of drug-likeness (QED) is 0.275. The summed E-state index contributed by atoms with van der Waals surface area (Å²) >= 11 is 6.52. The lowest BCUT2D eigenvalue weighted by molar-refractivity contribution is -0.101. The van der Waals surface area contributed by atoms with Gasteiger partial charge in [-0.15, -0.1) is 0 Å². The summed E-state index contributed by atoms with van der Waals surface area (Å²) in [6, 6.07) is 12.2. The summed E-state index contributed by atoms with van der Waals surface area (Å²) in [7, 11) is -1.12. The highest BCUT2D eigenvalue weighted by atomic mass is 35.5. The normalized spacial score (nSPS) is 38.2. The first-order chi connectivity index (χ1) is 25.9. The van der Waals surface area contributed by atoms with Gasteiger partial charge in [-0.25, -0.2) is 8.60 Å². The Bertz CT molecular complexity index is 1880. The maximum absolute atomic E-state index is 14.6. The second-order valence-electron chi connectivity index (χ2n) is 17.4. The number of ether oxygens (including phenoxy) is 2. The third-order valence-corrected chi connectivity index (χ3v) is 16.6. The third-order valence-electron chi connectivity index (χ3n) is 14.2. The van der Waals surface area contributed by atoms with Crippen LogP contribution in [0, 0.1) is 17.8 Å². The Kier molecular flexibility index (Phi) is 10.6. The van der Waals surface area contributed by atoms with Crippen LogP contribution in [0.1, 0.15) is 80.3 Å². The molecule has 8 rings (SSSR count). The number of benzene rings is 2. The summed E-state index contributed by atoms with van der Waals surface area (Å²) in [6.07, 6.45) is 10.9. The van der Waals surface area contributed by atoms with Crippen molar-refractivity contribution in [2.24, 2.45) is 17.8 Å². The lowest BCUT2D eigenvalue weighted by Crippen LogP contribution is -2.62. The summed E-state index contributed by atoms with van der Waals surface area (Å²) in [6.45, 7) is 10.4. The molecule has 2 aliphatic carbocycles. The Balaban J connectivity index is 1.18. The molecule has 1 saturated carbocycles. The second-order valence-corrected chi connectivity index (χ2v) is 20.3. The molecule has 3 fully saturated rings. The molecule has 1 spiro atoms. The fourth-order valence-corrected chi connectivity index (χ4v) is 12.3. The molecule has 1 N–H and O–H groups in total. The molecule has 4 heterocycles. The van der Waals surface area contributed by atoms with Crippen LogP contribution in [0.15, 0.2) is 48.6 Å². The predicted octanol–water partition coefficient (Wildman–Crippen LogP) is 6.69. The minimum Gasteiger partial charge on any atom is -0.490 e. The Morgan fingerprint density at radius 1 is 1.11 bits per heavy atom. The average molecular weight is 781 g/mol. The van der Waals surface area contributed by atoms with Crippen LogP contribution in [-0.4, -0.2) is 108 Å². The van der Waals surface area contributed by atoms with Crippen molar-refractivity contribution in [2.45, 2.75) is 93.7 Å². The number of aryl methyl sites for hydroxylation is 1. The third kappa shape index (κ3) is 7.23. The van der Waals surface area contributed by atoms with Crippen LogP contribution in [0.2, 0.25) is 5.02 Å². The van der Waals surface area contributed by atoms with Gasteiger partial charge in [0.25, 0.3) is 5.91 Å². The number of alkyl halides is 1. The van der Waals surface area contributed by atoms with E-state index in [1.54, 1.807) is 6.07 Å². The van der Waals surface area contributed by atoms with Gasteiger partial charge in [0, 0.05) is 80.2 Å². The van der Waals surface area contributed by atoms with Crippen LogP contribution >= 0.6 is 11.6 Å². The zero-order chi connectivity index (χ0) is 37.8. The van der Waals surface area contributed by atoms with Gasteiger partial charge < -0.3 is 14.4 Å². The summed E-state index contributed by atoms with van der Waals surface area (Å²) < 4.78 is 45.0. The standard InChI is InChI=1S/C43H58ClFN4O4S/c1-29-7-5-17-43(52-3,27-47-19-20-48-18-15-35(45)23-36(48)25-47)38-12-9-33(38)24-49-26-42(16-6-8-31-21-34(44)11-13-37(31)42)28-53-40-14-10-32(22-39(40)49)41(50)46-54(4,51)30(29)2/h5,10-11,13-14,17,21-22,29-30,33,35-36,38H,4,6-9,12,15-16,18-20,23-28H2,1-3H3,(H,46,50,51)/b17-5+/t29-,30+,33-,35+,36?,38+,42-,43-,54?/m0/s1. The van der Waals surface area contributed by atoms with E-state index >= 15 is 0 Å². The largest absolute Gasteiger partial charge is 0.490 e. The van der Waals surface area contributed by atoms with Crippen molar-refractivity contribution in [1.29, 1.82) is 0 Å². The van der Waals surface area contributed by atoms with E-state index in [2.05, 4.69) is 56.5 Å². The minimum absolute atomic E-state index is 0.00107. The SMILES string of the molecule is C=S1(=O)NC(=O)c2ccc3c(c2)N(C[C@@H]2CC[C@H]2[C@](CN2CCN4CC[C@@H](F)CC4C2)(OC)/C=C/C[C@H](C)[C@H]1C)C[C@@]1(CCCc2cc(Cl)ccc21)CO3. The highest BCUT2D eigenvalue weighted by Gasteiger charge is 2.50. The Labute approximate surface area is 326 Å². The number of carbonyl (C=O) groups excluding carboxylic acids is 1. The van der Waals surface area contributed by atoms with E-state index in [1.165, 1.54) is 11.1 Å². The zero-order valence-electron chi connectivity index (χ0n) is 32.2. The van der Waals surface area contributed by atoms with Crippen molar-refractivity contribution in [1.82, 2.24) is 14.5 Å². The molecule has 8 nitrogen and oxygen atoms in total. The number of amides is 1. The molecule has 11 heteroatoms. The van der Waals surface area contributed by atoms with Gasteiger partial charge in [0.2, 0.25) is 0 Å². The first-order valence-corrected chi connectivity index (χ1v) is 22.4. The van der Waals surface area contributed by atoms with Crippen molar-refractivity contribution < 1.29 is 22.9 Å². The molecule has 294 valence electrons. The number of piperidine rings is 1. The van der Waals surface area contributed by atoms with Crippen molar-refractivity contribution in [2.75, 3.05) is 64.4 Å². The number of nitrogens with zero attached hydrogens (tertiary/aromatic N) is 3. The fourth-order valence-electron chi connectivity index (χ4n) is 10.6. The molecule has 2 aromatic carbocycles. The maximum atomic E-state index is 14.6. The predicted molar refractivity (Wildman–Crippen MR) is 217 cm³/mol. The highest BCUT2D eigenvalue weighted by molar-refractivity contribution is 7.99.